The van der Waals surface area contributed by atoms with Gasteiger partial charge in [-0.2, -0.15) is 0 Å². The molecule has 4 aliphatic rings. The second-order valence-electron chi connectivity index (χ2n) is 9.23. The Morgan fingerprint density at radius 1 is 1.04 bits per heavy atom. The van der Waals surface area contributed by atoms with Gasteiger partial charge in [0.05, 0.1) is 0 Å². The average molecular weight is 376 g/mol. The highest BCUT2D eigenvalue weighted by atomic mass is 16.2. The van der Waals surface area contributed by atoms with Crippen molar-refractivity contribution < 1.29 is 4.79 Å². The van der Waals surface area contributed by atoms with E-state index >= 15 is 0 Å². The second kappa shape index (κ2) is 8.38. The molecule has 2 saturated heterocycles. The summed E-state index contributed by atoms with van der Waals surface area (Å²) in [7, 11) is 3.61. The lowest BCUT2D eigenvalue weighted by Gasteiger charge is -2.48. The minimum Gasteiger partial charge on any atom is -0.353 e. The van der Waals surface area contributed by atoms with Crippen molar-refractivity contribution in [3.8, 4) is 0 Å². The van der Waals surface area contributed by atoms with Gasteiger partial charge in [0.2, 0.25) is 5.91 Å². The fourth-order valence-corrected chi connectivity index (χ4v) is 5.27. The molecule has 0 aromatic rings. The molecule has 2 saturated carbocycles. The quantitative estimate of drug-likeness (QED) is 0.602. The minimum atomic E-state index is 0.0770. The monoisotopic (exact) mass is 375 g/mol. The molecule has 2 unspecified atom stereocenters. The van der Waals surface area contributed by atoms with E-state index in [9.17, 15) is 4.79 Å². The van der Waals surface area contributed by atoms with E-state index in [1.807, 2.05) is 14.1 Å². The molecule has 4 rings (SSSR count). The molecule has 0 bridgehead atoms. The number of likely N-dealkylation sites (tertiary alicyclic amines) is 2. The predicted octanol–water partition coefficient (Wildman–Crippen LogP) is 1.91. The highest BCUT2D eigenvalue weighted by molar-refractivity contribution is 5.85. The Morgan fingerprint density at radius 2 is 1.81 bits per heavy atom. The first kappa shape index (κ1) is 19.0. The van der Waals surface area contributed by atoms with Gasteiger partial charge in [-0.05, 0) is 57.4 Å². The van der Waals surface area contributed by atoms with E-state index in [1.165, 1.54) is 64.3 Å². The molecule has 27 heavy (non-hydrogen) atoms. The zero-order valence-electron chi connectivity index (χ0n) is 17.2. The summed E-state index contributed by atoms with van der Waals surface area (Å²) in [4.78, 5) is 23.8. The normalized spacial score (nSPS) is 30.3. The Morgan fingerprint density at radius 3 is 2.52 bits per heavy atom. The summed E-state index contributed by atoms with van der Waals surface area (Å²) < 4.78 is 0. The van der Waals surface area contributed by atoms with Crippen LogP contribution in [0, 0.1) is 5.92 Å². The molecular formula is C21H37N5O. The first-order valence-electron chi connectivity index (χ1n) is 11.1. The van der Waals surface area contributed by atoms with Crippen molar-refractivity contribution in [1.82, 2.24) is 20.0 Å². The molecule has 2 atom stereocenters. The van der Waals surface area contributed by atoms with Crippen LogP contribution in [0.3, 0.4) is 0 Å². The summed E-state index contributed by atoms with van der Waals surface area (Å²) in [5.74, 6) is 1.82. The van der Waals surface area contributed by atoms with Crippen molar-refractivity contribution in [3.05, 3.63) is 0 Å². The molecule has 0 aromatic carbocycles. The van der Waals surface area contributed by atoms with Gasteiger partial charge in [0, 0.05) is 45.3 Å². The molecule has 0 radical (unpaired) electrons. The van der Waals surface area contributed by atoms with Crippen molar-refractivity contribution in [2.45, 2.75) is 75.9 Å². The number of piperidine rings is 2. The number of hydrogen-bond acceptors (Lipinski definition) is 3. The Balaban J connectivity index is 1.42. The van der Waals surface area contributed by atoms with E-state index in [-0.39, 0.29) is 12.5 Å². The summed E-state index contributed by atoms with van der Waals surface area (Å²) in [6.45, 7) is 3.73. The molecule has 6 heteroatoms. The molecule has 152 valence electrons. The summed E-state index contributed by atoms with van der Waals surface area (Å²) in [5, 5.41) is 3.71. The molecular weight excluding hydrogens is 338 g/mol. The van der Waals surface area contributed by atoms with E-state index in [4.69, 9.17) is 4.99 Å². The average Bonchev–Trinajstić information content (AvgIpc) is 3.40. The van der Waals surface area contributed by atoms with Crippen LogP contribution in [0.15, 0.2) is 4.99 Å². The SMILES string of the molecule is CN(C)C(=O)CN=C(NC1CCCC1)N1CCC2C(CCCN2C2CC2)C1. The van der Waals surface area contributed by atoms with Crippen LogP contribution in [-0.2, 0) is 4.79 Å². The number of nitrogens with one attached hydrogen (secondary N) is 1. The second-order valence-corrected chi connectivity index (χ2v) is 9.23. The highest BCUT2D eigenvalue weighted by Gasteiger charge is 2.42. The number of fused-ring (bicyclic) bond motifs is 1. The number of hydrogen-bond donors (Lipinski definition) is 1. The highest BCUT2D eigenvalue weighted by Crippen LogP contribution is 2.38. The number of rotatable bonds is 4. The van der Waals surface area contributed by atoms with Gasteiger partial charge in [-0.15, -0.1) is 0 Å². The van der Waals surface area contributed by atoms with E-state index in [1.54, 1.807) is 4.90 Å². The Kier molecular flexibility index (Phi) is 5.90. The van der Waals surface area contributed by atoms with Crippen LogP contribution in [-0.4, -0.2) is 85.0 Å². The van der Waals surface area contributed by atoms with Gasteiger partial charge in [-0.1, -0.05) is 12.8 Å². The fourth-order valence-electron chi connectivity index (χ4n) is 5.27. The van der Waals surface area contributed by atoms with Gasteiger partial charge >= 0.3 is 0 Å². The van der Waals surface area contributed by atoms with E-state index in [0.717, 1.165) is 37.1 Å². The summed E-state index contributed by atoms with van der Waals surface area (Å²) in [6.07, 6.45) is 11.8. The van der Waals surface area contributed by atoms with Crippen LogP contribution in [0.1, 0.15) is 57.8 Å². The number of amides is 1. The zero-order valence-corrected chi connectivity index (χ0v) is 17.2. The number of carbonyl (C=O) groups is 1. The number of nitrogens with zero attached hydrogens (tertiary/aromatic N) is 4. The van der Waals surface area contributed by atoms with E-state index in [0.29, 0.717) is 6.04 Å². The van der Waals surface area contributed by atoms with Crippen LogP contribution in [0.5, 0.6) is 0 Å². The fraction of sp³-hybridized carbons (Fsp3) is 0.905. The lowest BCUT2D eigenvalue weighted by Crippen LogP contribution is -2.58. The topological polar surface area (TPSA) is 51.2 Å². The summed E-state index contributed by atoms with van der Waals surface area (Å²) in [5.41, 5.74) is 0. The number of aliphatic imine (C=N–C) groups is 1. The first-order valence-corrected chi connectivity index (χ1v) is 11.1. The molecule has 2 heterocycles. The van der Waals surface area contributed by atoms with Crippen LogP contribution < -0.4 is 5.32 Å². The van der Waals surface area contributed by atoms with Gasteiger partial charge in [0.25, 0.3) is 0 Å². The summed E-state index contributed by atoms with van der Waals surface area (Å²) in [6, 6.07) is 2.19. The lowest BCUT2D eigenvalue weighted by atomic mass is 9.83. The maximum absolute atomic E-state index is 12.1. The smallest absolute Gasteiger partial charge is 0.243 e. The van der Waals surface area contributed by atoms with Gasteiger partial charge in [0.15, 0.2) is 5.96 Å². The lowest BCUT2D eigenvalue weighted by molar-refractivity contribution is -0.127. The van der Waals surface area contributed by atoms with Crippen molar-refractivity contribution in [1.29, 1.82) is 0 Å². The Hall–Kier alpha value is -1.30. The summed E-state index contributed by atoms with van der Waals surface area (Å²) >= 11 is 0. The van der Waals surface area contributed by atoms with Gasteiger partial charge in [-0.3, -0.25) is 9.69 Å². The predicted molar refractivity (Wildman–Crippen MR) is 109 cm³/mol. The standard InChI is InChI=1S/C21H37N5O/c1-24(2)20(27)14-22-21(23-17-7-3-4-8-17)25-13-11-19-16(15-25)6-5-12-26(19)18-9-10-18/h16-19H,3-15H2,1-2H3,(H,22,23). The van der Waals surface area contributed by atoms with Crippen LogP contribution >= 0.6 is 0 Å². The van der Waals surface area contributed by atoms with Crippen molar-refractivity contribution in [2.75, 3.05) is 40.3 Å². The van der Waals surface area contributed by atoms with Crippen LogP contribution in [0.4, 0.5) is 0 Å². The molecule has 1 N–H and O–H groups in total. The maximum Gasteiger partial charge on any atom is 0.243 e. The largest absolute Gasteiger partial charge is 0.353 e. The van der Waals surface area contributed by atoms with E-state index in [2.05, 4.69) is 15.1 Å². The maximum atomic E-state index is 12.1. The minimum absolute atomic E-state index is 0.0770. The van der Waals surface area contributed by atoms with Crippen molar-refractivity contribution >= 4 is 11.9 Å². The Labute approximate surface area is 164 Å². The van der Waals surface area contributed by atoms with Gasteiger partial charge in [0.1, 0.15) is 6.54 Å². The van der Waals surface area contributed by atoms with Gasteiger partial charge in [-0.25, -0.2) is 4.99 Å². The zero-order chi connectivity index (χ0) is 18.8. The van der Waals surface area contributed by atoms with Crippen molar-refractivity contribution in [3.63, 3.8) is 0 Å². The molecule has 0 aromatic heterocycles. The third-order valence-electron chi connectivity index (χ3n) is 6.98. The molecule has 1 amide bonds. The van der Waals surface area contributed by atoms with E-state index < -0.39 is 0 Å². The van der Waals surface area contributed by atoms with Crippen molar-refractivity contribution in [2.24, 2.45) is 10.9 Å². The molecule has 4 fully saturated rings. The number of carbonyl (C=O) groups excluding carboxylic acids is 1. The van der Waals surface area contributed by atoms with Crippen LogP contribution in [0.25, 0.3) is 0 Å². The van der Waals surface area contributed by atoms with Gasteiger partial charge < -0.3 is 15.1 Å². The number of guanidine groups is 1. The molecule has 6 nitrogen and oxygen atoms in total. The molecule has 0 spiro atoms. The third-order valence-corrected chi connectivity index (χ3v) is 6.98. The molecule has 2 aliphatic carbocycles. The molecule has 2 aliphatic heterocycles. The Bertz CT molecular complexity index is 553. The van der Waals surface area contributed by atoms with Crippen LogP contribution in [0.2, 0.25) is 0 Å². The first-order chi connectivity index (χ1) is 13.1. The number of likely N-dealkylation sites (N-methyl/N-ethyl adjacent to an activating group) is 1. The third kappa shape index (κ3) is 4.58.